The lowest BCUT2D eigenvalue weighted by molar-refractivity contribution is -0.274. The van der Waals surface area contributed by atoms with Gasteiger partial charge in [-0.25, -0.2) is 4.79 Å². The average molecular weight is 526 g/mol. The van der Waals surface area contributed by atoms with Crippen LogP contribution in [0.15, 0.2) is 72.8 Å². The highest BCUT2D eigenvalue weighted by molar-refractivity contribution is 6.02. The zero-order chi connectivity index (χ0) is 27.3. The molecule has 1 saturated heterocycles. The normalized spacial score (nSPS) is 14.8. The van der Waals surface area contributed by atoms with Gasteiger partial charge in [0, 0.05) is 19.6 Å². The lowest BCUT2D eigenvalue weighted by Gasteiger charge is -2.36. The first kappa shape index (κ1) is 27.0. The zero-order valence-electron chi connectivity index (χ0n) is 21.3. The van der Waals surface area contributed by atoms with Gasteiger partial charge in [-0.3, -0.25) is 9.69 Å². The van der Waals surface area contributed by atoms with Gasteiger partial charge in [0.2, 0.25) is 5.91 Å². The quantitative estimate of drug-likeness (QED) is 0.350. The van der Waals surface area contributed by atoms with Crippen LogP contribution in [0.1, 0.15) is 42.4 Å². The second kappa shape index (κ2) is 11.6. The topological polar surface area (TPSA) is 61.9 Å². The Kier molecular flexibility index (Phi) is 8.24. The summed E-state index contributed by atoms with van der Waals surface area (Å²) < 4.78 is 41.9. The predicted molar refractivity (Wildman–Crippen MR) is 140 cm³/mol. The van der Waals surface area contributed by atoms with Gasteiger partial charge in [0.1, 0.15) is 5.75 Å². The van der Waals surface area contributed by atoms with Crippen molar-refractivity contribution in [2.45, 2.75) is 45.5 Å². The molecule has 1 aliphatic heterocycles. The van der Waals surface area contributed by atoms with Crippen LogP contribution in [0.3, 0.4) is 0 Å². The van der Waals surface area contributed by atoms with E-state index < -0.39 is 6.36 Å². The van der Waals surface area contributed by atoms with Crippen LogP contribution in [0.5, 0.6) is 5.75 Å². The van der Waals surface area contributed by atoms with Crippen LogP contribution < -0.4 is 15.0 Å². The highest BCUT2D eigenvalue weighted by Crippen LogP contribution is 2.32. The van der Waals surface area contributed by atoms with E-state index in [0.717, 1.165) is 11.1 Å². The molecule has 3 amide bonds. The summed E-state index contributed by atoms with van der Waals surface area (Å²) in [5, 5.41) is 3.04. The maximum absolute atomic E-state index is 13.5. The molecule has 9 heteroatoms. The van der Waals surface area contributed by atoms with E-state index in [9.17, 15) is 22.8 Å². The number of carbonyl (C=O) groups is 2. The monoisotopic (exact) mass is 525 g/mol. The minimum absolute atomic E-state index is 0.129. The Labute approximate surface area is 220 Å². The molecule has 6 nitrogen and oxygen atoms in total. The molecule has 0 unspecified atom stereocenters. The predicted octanol–water partition coefficient (Wildman–Crippen LogP) is 6.86. The second-order valence-electron chi connectivity index (χ2n) is 9.29. The Morgan fingerprint density at radius 2 is 1.79 bits per heavy atom. The van der Waals surface area contributed by atoms with E-state index in [-0.39, 0.29) is 30.2 Å². The standard InChI is InChI=1S/C29H30F3N3O3/c1-3-24(22-10-5-4-6-11-22)27(36)33-25-17-20(2)13-14-26(25)35-16-8-15-34(28(35)37)19-21-9-7-12-23(18-21)38-29(30,31)32/h4-7,9-14,17-18,24H,3,8,15-16,19H2,1-2H3,(H,33,36)/t24-/m1/s1. The molecule has 3 aromatic rings. The lowest BCUT2D eigenvalue weighted by Crippen LogP contribution is -2.49. The van der Waals surface area contributed by atoms with Crippen LogP contribution in [0.25, 0.3) is 0 Å². The third kappa shape index (κ3) is 6.65. The Bertz CT molecular complexity index is 1280. The third-order valence-electron chi connectivity index (χ3n) is 6.44. The number of hydrogen-bond donors (Lipinski definition) is 1. The molecule has 4 rings (SSSR count). The SMILES string of the molecule is CC[C@@H](C(=O)Nc1cc(C)ccc1N1CCCN(Cc2cccc(OC(F)(F)F)c2)C1=O)c1ccccc1. The van der Waals surface area contributed by atoms with Crippen LogP contribution >= 0.6 is 0 Å². The van der Waals surface area contributed by atoms with Gasteiger partial charge in [-0.1, -0.05) is 55.5 Å². The van der Waals surface area contributed by atoms with Gasteiger partial charge in [-0.2, -0.15) is 0 Å². The number of anilines is 2. The van der Waals surface area contributed by atoms with Crippen molar-refractivity contribution in [1.29, 1.82) is 0 Å². The maximum Gasteiger partial charge on any atom is 0.573 e. The van der Waals surface area contributed by atoms with Crippen LogP contribution in [0.2, 0.25) is 0 Å². The minimum Gasteiger partial charge on any atom is -0.406 e. The maximum atomic E-state index is 13.5. The molecule has 3 aromatic carbocycles. The largest absolute Gasteiger partial charge is 0.573 e. The van der Waals surface area contributed by atoms with Gasteiger partial charge >= 0.3 is 12.4 Å². The Morgan fingerprint density at radius 1 is 1.03 bits per heavy atom. The third-order valence-corrected chi connectivity index (χ3v) is 6.44. The molecule has 1 aliphatic rings. The molecule has 0 bridgehead atoms. The van der Waals surface area contributed by atoms with E-state index in [0.29, 0.717) is 42.9 Å². The molecule has 0 aliphatic carbocycles. The molecule has 1 atom stereocenters. The molecule has 0 saturated carbocycles. The fourth-order valence-corrected chi connectivity index (χ4v) is 4.68. The van der Waals surface area contributed by atoms with Crippen molar-refractivity contribution < 1.29 is 27.5 Å². The van der Waals surface area contributed by atoms with Crippen molar-refractivity contribution in [3.63, 3.8) is 0 Å². The summed E-state index contributed by atoms with van der Waals surface area (Å²) in [6, 6.07) is 20.4. The van der Waals surface area contributed by atoms with Gasteiger partial charge in [0.25, 0.3) is 0 Å². The van der Waals surface area contributed by atoms with E-state index >= 15 is 0 Å². The van der Waals surface area contributed by atoms with E-state index in [1.165, 1.54) is 18.2 Å². The minimum atomic E-state index is -4.79. The summed E-state index contributed by atoms with van der Waals surface area (Å²) >= 11 is 0. The molecule has 1 N–H and O–H groups in total. The molecule has 1 heterocycles. The van der Waals surface area contributed by atoms with Gasteiger partial charge < -0.3 is 15.0 Å². The van der Waals surface area contributed by atoms with Crippen molar-refractivity contribution >= 4 is 23.3 Å². The summed E-state index contributed by atoms with van der Waals surface area (Å²) in [6.07, 6.45) is -3.52. The number of hydrogen-bond acceptors (Lipinski definition) is 3. The smallest absolute Gasteiger partial charge is 0.406 e. The summed E-state index contributed by atoms with van der Waals surface area (Å²) in [5.74, 6) is -0.832. The van der Waals surface area contributed by atoms with Crippen molar-refractivity contribution in [2.75, 3.05) is 23.3 Å². The van der Waals surface area contributed by atoms with Crippen molar-refractivity contribution in [3.05, 3.63) is 89.5 Å². The fraction of sp³-hybridized carbons (Fsp3) is 0.310. The van der Waals surface area contributed by atoms with Crippen LogP contribution in [0.4, 0.5) is 29.3 Å². The Hall–Kier alpha value is -4.01. The lowest BCUT2D eigenvalue weighted by atomic mass is 9.95. The summed E-state index contributed by atoms with van der Waals surface area (Å²) in [7, 11) is 0. The number of alkyl halides is 3. The number of benzene rings is 3. The number of ether oxygens (including phenoxy) is 1. The molecule has 200 valence electrons. The molecule has 1 fully saturated rings. The molecule has 38 heavy (non-hydrogen) atoms. The zero-order valence-corrected chi connectivity index (χ0v) is 21.3. The van der Waals surface area contributed by atoms with Crippen LogP contribution in [0, 0.1) is 6.92 Å². The first-order valence-corrected chi connectivity index (χ1v) is 12.5. The molecule has 0 radical (unpaired) electrons. The fourth-order valence-electron chi connectivity index (χ4n) is 4.68. The van der Waals surface area contributed by atoms with Crippen molar-refractivity contribution in [2.24, 2.45) is 0 Å². The number of amides is 3. The number of nitrogens with zero attached hydrogens (tertiary/aromatic N) is 2. The van der Waals surface area contributed by atoms with Gasteiger partial charge in [-0.15, -0.1) is 13.2 Å². The van der Waals surface area contributed by atoms with E-state index in [1.54, 1.807) is 15.9 Å². The highest BCUT2D eigenvalue weighted by atomic mass is 19.4. The number of rotatable bonds is 8. The highest BCUT2D eigenvalue weighted by Gasteiger charge is 2.32. The number of halogens is 3. The van der Waals surface area contributed by atoms with Crippen molar-refractivity contribution in [1.82, 2.24) is 4.90 Å². The number of nitrogens with one attached hydrogen (secondary N) is 1. The van der Waals surface area contributed by atoms with E-state index in [1.807, 2.05) is 62.4 Å². The Balaban J connectivity index is 1.54. The van der Waals surface area contributed by atoms with Crippen LogP contribution in [-0.2, 0) is 11.3 Å². The molecule has 0 aromatic heterocycles. The molecular weight excluding hydrogens is 495 g/mol. The van der Waals surface area contributed by atoms with E-state index in [4.69, 9.17) is 0 Å². The number of aryl methyl sites for hydroxylation is 1. The summed E-state index contributed by atoms with van der Waals surface area (Å²) in [5.41, 5.74) is 3.49. The summed E-state index contributed by atoms with van der Waals surface area (Å²) in [6.45, 7) is 4.90. The Morgan fingerprint density at radius 3 is 2.50 bits per heavy atom. The summed E-state index contributed by atoms with van der Waals surface area (Å²) in [4.78, 5) is 30.0. The van der Waals surface area contributed by atoms with Crippen LogP contribution in [-0.4, -0.2) is 36.3 Å². The second-order valence-corrected chi connectivity index (χ2v) is 9.29. The first-order chi connectivity index (χ1) is 18.1. The molecule has 0 spiro atoms. The van der Waals surface area contributed by atoms with E-state index in [2.05, 4.69) is 10.1 Å². The first-order valence-electron chi connectivity index (χ1n) is 12.5. The van der Waals surface area contributed by atoms with Gasteiger partial charge in [-0.05, 0) is 60.7 Å². The molecular formula is C29H30F3N3O3. The van der Waals surface area contributed by atoms with Gasteiger partial charge in [0.05, 0.1) is 17.3 Å². The van der Waals surface area contributed by atoms with Gasteiger partial charge in [0.15, 0.2) is 0 Å². The van der Waals surface area contributed by atoms with Crippen molar-refractivity contribution in [3.8, 4) is 5.75 Å². The number of carbonyl (C=O) groups excluding carboxylic acids is 2. The average Bonchev–Trinajstić information content (AvgIpc) is 2.86. The number of urea groups is 1.